The third-order valence-electron chi connectivity index (χ3n) is 2.80. The smallest absolute Gasteiger partial charge is 0.206 e. The van der Waals surface area contributed by atoms with Gasteiger partial charge in [0.25, 0.3) is 10.0 Å². The van der Waals surface area contributed by atoms with E-state index < -0.39 is 28.8 Å². The van der Waals surface area contributed by atoms with E-state index in [2.05, 4.69) is 15.9 Å². The third-order valence-corrected chi connectivity index (χ3v) is 6.79. The van der Waals surface area contributed by atoms with Gasteiger partial charge >= 0.3 is 6.18 Å². The van der Waals surface area contributed by atoms with Gasteiger partial charge in [0, 0.05) is 6.04 Å². The van der Waals surface area contributed by atoms with Crippen LogP contribution in [0.3, 0.4) is 0 Å². The third kappa shape index (κ3) is 4.44. The normalized spacial score (nSPS) is 13.4. The van der Waals surface area contributed by atoms with Gasteiger partial charge in [0.2, 0.25) is 0 Å². The Labute approximate surface area is 129 Å². The zero-order valence-electron chi connectivity index (χ0n) is 10.9. The number of thiophene rings is 1. The second-order valence-electron chi connectivity index (χ2n) is 4.19. The molecule has 0 fully saturated rings. The molecule has 1 rings (SSSR count). The first-order valence-corrected chi connectivity index (χ1v) is 9.00. The summed E-state index contributed by atoms with van der Waals surface area (Å²) < 4.78 is 63.9. The van der Waals surface area contributed by atoms with Crippen LogP contribution in [-0.2, 0) is 10.0 Å². The molecule has 20 heavy (non-hydrogen) atoms. The second-order valence-corrected chi connectivity index (χ2v) is 8.77. The molecule has 0 saturated carbocycles. The molecule has 0 atom stereocenters. The average Bonchev–Trinajstić information content (AvgIpc) is 2.75. The first kappa shape index (κ1) is 17.9. The Morgan fingerprint density at radius 1 is 1.30 bits per heavy atom. The SMILES string of the molecule is CCC(CC)N(CC(F)(F)F)S(=O)(=O)c1ccc(Br)s1. The molecular formula is C11H15BrF3NO2S2. The topological polar surface area (TPSA) is 37.4 Å². The minimum atomic E-state index is -4.57. The van der Waals surface area contributed by atoms with E-state index >= 15 is 0 Å². The van der Waals surface area contributed by atoms with Crippen molar-refractivity contribution in [1.82, 2.24) is 4.31 Å². The number of halogens is 4. The minimum absolute atomic E-state index is 0.0828. The van der Waals surface area contributed by atoms with Crippen LogP contribution in [0.1, 0.15) is 26.7 Å². The first-order valence-electron chi connectivity index (χ1n) is 5.95. The van der Waals surface area contributed by atoms with Crippen LogP contribution < -0.4 is 0 Å². The molecule has 9 heteroatoms. The van der Waals surface area contributed by atoms with Crippen molar-refractivity contribution in [3.05, 3.63) is 15.9 Å². The standard InChI is InChI=1S/C11H15BrF3NO2S2/c1-3-8(4-2)16(7-11(13,14)15)20(17,18)10-6-5-9(12)19-10/h5-6,8H,3-4,7H2,1-2H3. The largest absolute Gasteiger partial charge is 0.402 e. The van der Waals surface area contributed by atoms with E-state index in [9.17, 15) is 21.6 Å². The molecule has 0 aromatic carbocycles. The van der Waals surface area contributed by atoms with Crippen molar-refractivity contribution >= 4 is 37.3 Å². The minimum Gasteiger partial charge on any atom is -0.206 e. The van der Waals surface area contributed by atoms with Gasteiger partial charge in [-0.05, 0) is 40.9 Å². The fourth-order valence-electron chi connectivity index (χ4n) is 1.83. The molecule has 1 aromatic rings. The Kier molecular flexibility index (Phi) is 6.06. The van der Waals surface area contributed by atoms with Gasteiger partial charge in [-0.3, -0.25) is 0 Å². The number of hydrogen-bond donors (Lipinski definition) is 0. The van der Waals surface area contributed by atoms with Gasteiger partial charge in [0.15, 0.2) is 0 Å². The quantitative estimate of drug-likeness (QED) is 0.724. The Morgan fingerprint density at radius 3 is 2.20 bits per heavy atom. The fourth-order valence-corrected chi connectivity index (χ4v) is 5.73. The van der Waals surface area contributed by atoms with Crippen molar-refractivity contribution in [2.24, 2.45) is 0 Å². The molecule has 0 aliphatic heterocycles. The van der Waals surface area contributed by atoms with Gasteiger partial charge < -0.3 is 0 Å². The molecule has 3 nitrogen and oxygen atoms in total. The average molecular weight is 394 g/mol. The van der Waals surface area contributed by atoms with Crippen LogP contribution in [0.5, 0.6) is 0 Å². The summed E-state index contributed by atoms with van der Waals surface area (Å²) in [4.78, 5) is 0. The highest BCUT2D eigenvalue weighted by molar-refractivity contribution is 9.11. The maximum absolute atomic E-state index is 12.7. The fraction of sp³-hybridized carbons (Fsp3) is 0.636. The van der Waals surface area contributed by atoms with Gasteiger partial charge in [-0.25, -0.2) is 8.42 Å². The maximum Gasteiger partial charge on any atom is 0.402 e. The number of rotatable bonds is 6. The highest BCUT2D eigenvalue weighted by Gasteiger charge is 2.40. The molecule has 0 radical (unpaired) electrons. The Hall–Kier alpha value is -0.120. The van der Waals surface area contributed by atoms with Crippen molar-refractivity contribution in [2.45, 2.75) is 43.1 Å². The van der Waals surface area contributed by atoms with Crippen molar-refractivity contribution < 1.29 is 21.6 Å². The number of alkyl halides is 3. The Bertz CT molecular complexity index is 538. The van der Waals surface area contributed by atoms with Crippen LogP contribution in [0.15, 0.2) is 20.1 Å². The van der Waals surface area contributed by atoms with Crippen molar-refractivity contribution in [3.63, 3.8) is 0 Å². The highest BCUT2D eigenvalue weighted by Crippen LogP contribution is 2.32. The number of nitrogens with zero attached hydrogens (tertiary/aromatic N) is 1. The lowest BCUT2D eigenvalue weighted by atomic mass is 10.2. The van der Waals surface area contributed by atoms with E-state index in [4.69, 9.17) is 0 Å². The van der Waals surface area contributed by atoms with E-state index in [1.807, 2.05) is 0 Å². The van der Waals surface area contributed by atoms with Gasteiger partial charge in [-0.2, -0.15) is 17.5 Å². The first-order chi connectivity index (χ1) is 9.11. The van der Waals surface area contributed by atoms with Crippen LogP contribution in [-0.4, -0.2) is 31.5 Å². The second kappa shape index (κ2) is 6.76. The summed E-state index contributed by atoms with van der Waals surface area (Å²) in [6.07, 6.45) is -3.90. The maximum atomic E-state index is 12.7. The van der Waals surface area contributed by atoms with E-state index in [0.717, 1.165) is 11.3 Å². The van der Waals surface area contributed by atoms with E-state index in [1.54, 1.807) is 13.8 Å². The van der Waals surface area contributed by atoms with Crippen molar-refractivity contribution in [3.8, 4) is 0 Å². The zero-order chi connectivity index (χ0) is 15.6. The molecule has 0 amide bonds. The highest BCUT2D eigenvalue weighted by atomic mass is 79.9. The lowest BCUT2D eigenvalue weighted by Gasteiger charge is -2.29. The lowest BCUT2D eigenvalue weighted by molar-refractivity contribution is -0.139. The van der Waals surface area contributed by atoms with Crippen LogP contribution in [0, 0.1) is 0 Å². The Morgan fingerprint density at radius 2 is 1.85 bits per heavy atom. The van der Waals surface area contributed by atoms with Gasteiger partial charge in [0.1, 0.15) is 10.8 Å². The summed E-state index contributed by atoms with van der Waals surface area (Å²) >= 11 is 4.03. The number of sulfonamides is 1. The molecule has 1 aromatic heterocycles. The summed E-state index contributed by atoms with van der Waals surface area (Å²) in [5.74, 6) is 0. The van der Waals surface area contributed by atoms with Gasteiger partial charge in [-0.1, -0.05) is 13.8 Å². The summed E-state index contributed by atoms with van der Waals surface area (Å²) in [7, 11) is -4.13. The summed E-state index contributed by atoms with van der Waals surface area (Å²) in [6, 6.07) is 2.16. The van der Waals surface area contributed by atoms with Gasteiger partial charge in [-0.15, -0.1) is 11.3 Å². The van der Waals surface area contributed by atoms with E-state index in [-0.39, 0.29) is 4.21 Å². The summed E-state index contributed by atoms with van der Waals surface area (Å²) in [6.45, 7) is 1.89. The van der Waals surface area contributed by atoms with Crippen LogP contribution in [0.4, 0.5) is 13.2 Å². The summed E-state index contributed by atoms with van der Waals surface area (Å²) in [5, 5.41) is 0. The predicted octanol–water partition coefficient (Wildman–Crippen LogP) is 4.25. The van der Waals surface area contributed by atoms with Crippen LogP contribution in [0.2, 0.25) is 0 Å². The monoisotopic (exact) mass is 393 g/mol. The molecule has 0 spiro atoms. The Balaban J connectivity index is 3.21. The van der Waals surface area contributed by atoms with Crippen LogP contribution >= 0.6 is 27.3 Å². The molecule has 0 N–H and O–H groups in total. The zero-order valence-corrected chi connectivity index (χ0v) is 14.2. The molecule has 116 valence electrons. The molecule has 0 aliphatic carbocycles. The van der Waals surface area contributed by atoms with Crippen molar-refractivity contribution in [2.75, 3.05) is 6.54 Å². The van der Waals surface area contributed by atoms with Crippen LogP contribution in [0.25, 0.3) is 0 Å². The van der Waals surface area contributed by atoms with E-state index in [1.165, 1.54) is 12.1 Å². The van der Waals surface area contributed by atoms with Gasteiger partial charge in [0.05, 0.1) is 3.79 Å². The molecule has 0 saturated heterocycles. The number of hydrogen-bond acceptors (Lipinski definition) is 3. The summed E-state index contributed by atoms with van der Waals surface area (Å²) in [5.41, 5.74) is 0. The predicted molar refractivity (Wildman–Crippen MR) is 76.3 cm³/mol. The van der Waals surface area contributed by atoms with E-state index in [0.29, 0.717) is 20.9 Å². The molecule has 1 heterocycles. The molecule has 0 aliphatic rings. The van der Waals surface area contributed by atoms with Crippen molar-refractivity contribution in [1.29, 1.82) is 0 Å². The molecule has 0 bridgehead atoms. The molecular weight excluding hydrogens is 379 g/mol. The lowest BCUT2D eigenvalue weighted by Crippen LogP contribution is -2.44. The molecule has 0 unspecified atom stereocenters.